The summed E-state index contributed by atoms with van der Waals surface area (Å²) in [6.07, 6.45) is 1.99. The first-order valence-corrected chi connectivity index (χ1v) is 7.53. The quantitative estimate of drug-likeness (QED) is 0.531. The Bertz CT molecular complexity index is 541. The van der Waals surface area contributed by atoms with E-state index in [1.165, 1.54) is 0 Å². The zero-order chi connectivity index (χ0) is 16.0. The Morgan fingerprint density at radius 1 is 1.48 bits per heavy atom. The van der Waals surface area contributed by atoms with E-state index in [2.05, 4.69) is 15.9 Å². The molecule has 1 aromatic carbocycles. The highest BCUT2D eigenvalue weighted by molar-refractivity contribution is 9.10. The number of nitrogens with zero attached hydrogens (tertiary/aromatic N) is 1. The van der Waals surface area contributed by atoms with Gasteiger partial charge in [-0.2, -0.15) is 0 Å². The van der Waals surface area contributed by atoms with E-state index in [0.29, 0.717) is 34.6 Å². The third-order valence-corrected chi connectivity index (χ3v) is 3.31. The van der Waals surface area contributed by atoms with Crippen LogP contribution in [0.2, 0.25) is 0 Å². The molecule has 0 N–H and O–H groups in total. The van der Waals surface area contributed by atoms with E-state index in [-0.39, 0.29) is 16.5 Å². The molecule has 0 heterocycles. The summed E-state index contributed by atoms with van der Waals surface area (Å²) >= 11 is 3.40. The number of benzene rings is 1. The predicted molar refractivity (Wildman–Crippen MR) is 86.3 cm³/mol. The van der Waals surface area contributed by atoms with Crippen LogP contribution in [-0.4, -0.2) is 18.6 Å². The first-order chi connectivity index (χ1) is 9.88. The number of rotatable bonds is 7. The Hall–Kier alpha value is -1.56. The van der Waals surface area contributed by atoms with Crippen molar-refractivity contribution in [3.8, 4) is 11.5 Å². The average molecular weight is 358 g/mol. The van der Waals surface area contributed by atoms with Gasteiger partial charge in [0.2, 0.25) is 5.70 Å². The van der Waals surface area contributed by atoms with Gasteiger partial charge in [-0.15, -0.1) is 0 Å². The predicted octanol–water partition coefficient (Wildman–Crippen LogP) is 4.52. The van der Waals surface area contributed by atoms with Crippen LogP contribution in [0.5, 0.6) is 11.5 Å². The molecule has 5 nitrogen and oxygen atoms in total. The molecular weight excluding hydrogens is 338 g/mol. The molecule has 0 spiro atoms. The van der Waals surface area contributed by atoms with Gasteiger partial charge in [0.05, 0.1) is 23.1 Å². The van der Waals surface area contributed by atoms with Crippen LogP contribution in [0.15, 0.2) is 22.3 Å². The Morgan fingerprint density at radius 3 is 2.62 bits per heavy atom. The Balaban J connectivity index is 3.25. The zero-order valence-electron chi connectivity index (χ0n) is 12.7. The lowest BCUT2D eigenvalue weighted by atomic mass is 10.1. The normalized spacial score (nSPS) is 11.6. The Labute approximate surface area is 133 Å². The monoisotopic (exact) mass is 357 g/mol. The van der Waals surface area contributed by atoms with Crippen molar-refractivity contribution >= 4 is 22.0 Å². The van der Waals surface area contributed by atoms with Crippen molar-refractivity contribution in [2.75, 3.05) is 13.7 Å². The van der Waals surface area contributed by atoms with Gasteiger partial charge in [-0.3, -0.25) is 10.1 Å². The summed E-state index contributed by atoms with van der Waals surface area (Å²) in [5, 5.41) is 11.1. The molecule has 0 bridgehead atoms. The smallest absolute Gasteiger partial charge is 0.247 e. The van der Waals surface area contributed by atoms with Gasteiger partial charge in [0.1, 0.15) is 0 Å². The molecule has 0 unspecified atom stereocenters. The Morgan fingerprint density at radius 2 is 2.14 bits per heavy atom. The zero-order valence-corrected chi connectivity index (χ0v) is 14.3. The lowest BCUT2D eigenvalue weighted by Crippen LogP contribution is -2.03. The minimum absolute atomic E-state index is 0.185. The molecule has 21 heavy (non-hydrogen) atoms. The highest BCUT2D eigenvalue weighted by Gasteiger charge is 2.15. The lowest BCUT2D eigenvalue weighted by molar-refractivity contribution is -0.427. The Kier molecular flexibility index (Phi) is 6.68. The first kappa shape index (κ1) is 17.5. The molecule has 0 aliphatic rings. The highest BCUT2D eigenvalue weighted by atomic mass is 79.9. The van der Waals surface area contributed by atoms with Crippen LogP contribution in [0, 0.1) is 16.0 Å². The number of nitro groups is 1. The van der Waals surface area contributed by atoms with Crippen LogP contribution in [0.1, 0.15) is 32.8 Å². The summed E-state index contributed by atoms with van der Waals surface area (Å²) in [6, 6.07) is 3.53. The molecule has 0 atom stereocenters. The van der Waals surface area contributed by atoms with Gasteiger partial charge in [0, 0.05) is 12.5 Å². The molecule has 1 aromatic rings. The first-order valence-electron chi connectivity index (χ1n) is 6.74. The highest BCUT2D eigenvalue weighted by Crippen LogP contribution is 2.37. The van der Waals surface area contributed by atoms with Crippen LogP contribution in [0.3, 0.4) is 0 Å². The van der Waals surface area contributed by atoms with Gasteiger partial charge in [-0.25, -0.2) is 0 Å². The molecule has 1 rings (SSSR count). The second-order valence-corrected chi connectivity index (χ2v) is 5.81. The van der Waals surface area contributed by atoms with E-state index in [1.807, 2.05) is 20.8 Å². The number of methoxy groups -OCH3 is 1. The molecular formula is C15H20BrNO4. The van der Waals surface area contributed by atoms with Crippen LogP contribution in [0.4, 0.5) is 0 Å². The molecule has 0 aromatic heterocycles. The van der Waals surface area contributed by atoms with Crippen LogP contribution in [-0.2, 0) is 0 Å². The largest absolute Gasteiger partial charge is 0.492 e. The summed E-state index contributed by atoms with van der Waals surface area (Å²) in [4.78, 5) is 10.8. The van der Waals surface area contributed by atoms with Crippen molar-refractivity contribution in [2.45, 2.75) is 27.2 Å². The maximum absolute atomic E-state index is 11.1. The van der Waals surface area contributed by atoms with Gasteiger partial charge in [-0.05, 0) is 46.5 Å². The molecule has 6 heteroatoms. The standard InChI is InChI=1S/C15H20BrNO4/c1-5-21-14-9-11(8-13(16)15(14)20-4)7-12(17(18)19)6-10(2)3/h7-10H,5-6H2,1-4H3. The molecule has 0 aliphatic carbocycles. The van der Waals surface area contributed by atoms with E-state index in [0.717, 1.165) is 0 Å². The summed E-state index contributed by atoms with van der Waals surface area (Å²) < 4.78 is 11.5. The van der Waals surface area contributed by atoms with Crippen LogP contribution in [0.25, 0.3) is 6.08 Å². The minimum atomic E-state index is -0.335. The third kappa shape index (κ3) is 5.04. The fourth-order valence-electron chi connectivity index (χ4n) is 1.93. The van der Waals surface area contributed by atoms with Crippen LogP contribution >= 0.6 is 15.9 Å². The number of ether oxygens (including phenoxy) is 2. The molecule has 0 amide bonds. The molecule has 116 valence electrons. The molecule has 0 saturated carbocycles. The van der Waals surface area contributed by atoms with Gasteiger partial charge in [-0.1, -0.05) is 13.8 Å². The summed E-state index contributed by atoms with van der Waals surface area (Å²) in [5.41, 5.74) is 0.892. The van der Waals surface area contributed by atoms with E-state index >= 15 is 0 Å². The maximum Gasteiger partial charge on any atom is 0.247 e. The molecule has 0 saturated heterocycles. The molecule has 0 fully saturated rings. The van der Waals surface area contributed by atoms with Gasteiger partial charge in [0.25, 0.3) is 0 Å². The summed E-state index contributed by atoms with van der Waals surface area (Å²) in [6.45, 7) is 6.26. The minimum Gasteiger partial charge on any atom is -0.492 e. The van der Waals surface area contributed by atoms with E-state index in [4.69, 9.17) is 9.47 Å². The van der Waals surface area contributed by atoms with Gasteiger partial charge in [0.15, 0.2) is 11.5 Å². The summed E-state index contributed by atoms with van der Waals surface area (Å²) in [5.74, 6) is 1.36. The second-order valence-electron chi connectivity index (χ2n) is 4.96. The van der Waals surface area contributed by atoms with Crippen molar-refractivity contribution < 1.29 is 14.4 Å². The fraction of sp³-hybridized carbons (Fsp3) is 0.467. The lowest BCUT2D eigenvalue weighted by Gasteiger charge is -2.12. The number of halogens is 1. The van der Waals surface area contributed by atoms with Crippen LogP contribution < -0.4 is 9.47 Å². The topological polar surface area (TPSA) is 61.6 Å². The van der Waals surface area contributed by atoms with E-state index in [1.54, 1.807) is 25.3 Å². The molecule has 0 radical (unpaired) electrons. The molecule has 0 aliphatic heterocycles. The number of hydrogen-bond donors (Lipinski definition) is 0. The van der Waals surface area contributed by atoms with Crippen molar-refractivity contribution in [1.29, 1.82) is 0 Å². The SMILES string of the molecule is CCOc1cc(C=C(CC(C)C)[N+](=O)[O-])cc(Br)c1OC. The average Bonchev–Trinajstić information content (AvgIpc) is 2.37. The van der Waals surface area contributed by atoms with Gasteiger partial charge < -0.3 is 9.47 Å². The third-order valence-electron chi connectivity index (χ3n) is 2.72. The fourth-order valence-corrected chi connectivity index (χ4v) is 2.55. The van der Waals surface area contributed by atoms with E-state index in [9.17, 15) is 10.1 Å². The maximum atomic E-state index is 11.1. The van der Waals surface area contributed by atoms with Crippen molar-refractivity contribution in [3.05, 3.63) is 38.0 Å². The van der Waals surface area contributed by atoms with E-state index < -0.39 is 0 Å². The summed E-state index contributed by atoms with van der Waals surface area (Å²) in [7, 11) is 1.55. The van der Waals surface area contributed by atoms with Crippen molar-refractivity contribution in [2.24, 2.45) is 5.92 Å². The number of hydrogen-bond acceptors (Lipinski definition) is 4. The number of allylic oxidation sites excluding steroid dienone is 1. The van der Waals surface area contributed by atoms with Crippen molar-refractivity contribution in [1.82, 2.24) is 0 Å². The second kappa shape index (κ2) is 8.02. The van der Waals surface area contributed by atoms with Crippen molar-refractivity contribution in [3.63, 3.8) is 0 Å². The van der Waals surface area contributed by atoms with Gasteiger partial charge >= 0.3 is 0 Å².